The van der Waals surface area contributed by atoms with E-state index >= 15 is 0 Å². The van der Waals surface area contributed by atoms with Crippen molar-refractivity contribution in [2.24, 2.45) is 23.7 Å². The van der Waals surface area contributed by atoms with Gasteiger partial charge in [0.15, 0.2) is 0 Å². The summed E-state index contributed by atoms with van der Waals surface area (Å²) in [5, 5.41) is 3.68. The van der Waals surface area contributed by atoms with Crippen molar-refractivity contribution in [3.63, 3.8) is 0 Å². The molecule has 0 radical (unpaired) electrons. The van der Waals surface area contributed by atoms with E-state index in [-0.39, 0.29) is 40.7 Å². The van der Waals surface area contributed by atoms with Gasteiger partial charge in [0.1, 0.15) is 0 Å². The minimum atomic E-state index is -1.08. The Bertz CT molecular complexity index is 1630. The summed E-state index contributed by atoms with van der Waals surface area (Å²) >= 11 is -1.08. The van der Waals surface area contributed by atoms with E-state index in [0.29, 0.717) is 7.25 Å². The molecule has 0 saturated heterocycles. The fourth-order valence-electron chi connectivity index (χ4n) is 7.91. The van der Waals surface area contributed by atoms with Crippen LogP contribution in [0.15, 0.2) is 108 Å². The molecule has 0 aromatic heterocycles. The van der Waals surface area contributed by atoms with E-state index in [1.165, 1.54) is 58.0 Å². The molecule has 0 amide bonds. The number of benzene rings is 4. The van der Waals surface area contributed by atoms with Crippen molar-refractivity contribution in [1.82, 2.24) is 0 Å². The van der Waals surface area contributed by atoms with E-state index in [9.17, 15) is 0 Å². The van der Waals surface area contributed by atoms with Gasteiger partial charge < -0.3 is 24.8 Å². The third-order valence-corrected chi connectivity index (χ3v) is 22.5. The zero-order valence-electron chi connectivity index (χ0n) is 31.8. The van der Waals surface area contributed by atoms with Crippen LogP contribution in [-0.2, 0) is 23.2 Å². The average molecular weight is 833 g/mol. The van der Waals surface area contributed by atoms with Crippen molar-refractivity contribution in [3.8, 4) is 22.3 Å². The predicted octanol–water partition coefficient (Wildman–Crippen LogP) is 8.19. The van der Waals surface area contributed by atoms with E-state index < -0.39 is 23.2 Å². The van der Waals surface area contributed by atoms with E-state index in [0.717, 1.165) is 23.7 Å². The third-order valence-electron chi connectivity index (χ3n) is 9.65. The van der Waals surface area contributed by atoms with E-state index in [1.807, 2.05) is 10.6 Å². The smallest absolute Gasteiger partial charge is 1.00 e. The van der Waals surface area contributed by atoms with Crippen LogP contribution >= 0.6 is 15.8 Å². The SMILES string of the molecule is CC(C)CP(CC(C)C)C1=Cc2c(-c3ccccc3)cccc2[CH]1[Zr+2][CH]1C(P(CC(C)C)CC(C)C)=Cc2c(-c3ccccc3)cccc21.[Cl-].[Cl-]. The largest absolute Gasteiger partial charge is 1.00 e. The zero-order valence-corrected chi connectivity index (χ0v) is 37.6. The summed E-state index contributed by atoms with van der Waals surface area (Å²) in [7, 11) is -0.411. The molecule has 2 atom stereocenters. The maximum Gasteiger partial charge on any atom is -1.00 e. The summed E-state index contributed by atoms with van der Waals surface area (Å²) < 4.78 is 1.25. The Kier molecular flexibility index (Phi) is 16.1. The molecule has 2 unspecified atom stereocenters. The molecule has 268 valence electrons. The molecule has 0 nitrogen and oxygen atoms in total. The van der Waals surface area contributed by atoms with Gasteiger partial charge in [0.2, 0.25) is 0 Å². The van der Waals surface area contributed by atoms with Crippen molar-refractivity contribution in [1.29, 1.82) is 0 Å². The Labute approximate surface area is 336 Å². The Hall–Kier alpha value is -1.32. The molecule has 5 heteroatoms. The Morgan fingerprint density at radius 1 is 0.451 bits per heavy atom. The molecule has 0 spiro atoms. The van der Waals surface area contributed by atoms with Gasteiger partial charge in [0, 0.05) is 0 Å². The first-order valence-electron chi connectivity index (χ1n) is 18.7. The molecule has 2 aliphatic rings. The number of rotatable bonds is 14. The summed E-state index contributed by atoms with van der Waals surface area (Å²) in [6.07, 6.45) is 10.9. The Morgan fingerprint density at radius 3 is 1.10 bits per heavy atom. The van der Waals surface area contributed by atoms with Gasteiger partial charge in [-0.15, -0.1) is 0 Å². The van der Waals surface area contributed by atoms with Crippen LogP contribution in [0, 0.1) is 23.7 Å². The third kappa shape index (κ3) is 10.1. The molecule has 4 aromatic rings. The first-order chi connectivity index (χ1) is 23.6. The van der Waals surface area contributed by atoms with Crippen LogP contribution in [0.4, 0.5) is 0 Å². The Balaban J connectivity index is 0.00000292. The van der Waals surface area contributed by atoms with E-state index in [1.54, 1.807) is 11.1 Å². The molecular weight excluding hydrogens is 777 g/mol. The summed E-state index contributed by atoms with van der Waals surface area (Å²) in [4.78, 5) is 0. The predicted molar refractivity (Wildman–Crippen MR) is 218 cm³/mol. The number of allylic oxidation sites excluding steroid dienone is 2. The van der Waals surface area contributed by atoms with E-state index in [2.05, 4.69) is 165 Å². The van der Waals surface area contributed by atoms with Gasteiger partial charge in [0.25, 0.3) is 0 Å². The van der Waals surface area contributed by atoms with Gasteiger partial charge in [-0.1, -0.05) is 0 Å². The normalized spacial score (nSPS) is 16.3. The van der Waals surface area contributed by atoms with Crippen LogP contribution in [0.25, 0.3) is 34.4 Å². The van der Waals surface area contributed by atoms with Gasteiger partial charge in [-0.25, -0.2) is 0 Å². The van der Waals surface area contributed by atoms with Gasteiger partial charge in [0.05, 0.1) is 0 Å². The van der Waals surface area contributed by atoms with Crippen LogP contribution in [-0.4, -0.2) is 24.6 Å². The van der Waals surface area contributed by atoms with Crippen molar-refractivity contribution in [2.75, 3.05) is 24.6 Å². The second-order valence-electron chi connectivity index (χ2n) is 15.9. The first-order valence-corrected chi connectivity index (χ1v) is 24.9. The fraction of sp³-hybridized carbons (Fsp3) is 0.391. The molecule has 0 N–H and O–H groups in total. The standard InChI is InChI=1S/2C23H28P.2ClH.Zr/c2*1-17(2)15-24(16-18(3)4)21-13-20-11-8-12-22(23(20)14-21)19-9-6-5-7-10-19;;;/h2*5-14,17-18H,15-16H2,1-4H3;2*1H;/q;;;;+2/p-2. The topological polar surface area (TPSA) is 0 Å². The second-order valence-corrected chi connectivity index (χ2v) is 24.2. The van der Waals surface area contributed by atoms with Crippen molar-refractivity contribution in [2.45, 2.75) is 62.6 Å². The maximum atomic E-state index is 2.74. The molecule has 0 saturated carbocycles. The van der Waals surface area contributed by atoms with Crippen LogP contribution in [0.5, 0.6) is 0 Å². The number of fused-ring (bicyclic) bond motifs is 2. The van der Waals surface area contributed by atoms with Gasteiger partial charge >= 0.3 is 314 Å². The van der Waals surface area contributed by atoms with Crippen molar-refractivity contribution >= 4 is 28.0 Å². The summed E-state index contributed by atoms with van der Waals surface area (Å²) in [5.74, 6) is 2.87. The van der Waals surface area contributed by atoms with Crippen LogP contribution in [0.2, 0.25) is 0 Å². The second kappa shape index (κ2) is 19.3. The average Bonchev–Trinajstić information content (AvgIpc) is 3.63. The van der Waals surface area contributed by atoms with Crippen molar-refractivity contribution in [3.05, 3.63) is 130 Å². The first kappa shape index (κ1) is 42.4. The zero-order chi connectivity index (χ0) is 34.7. The summed E-state index contributed by atoms with van der Waals surface area (Å²) in [6, 6.07) is 36.9. The van der Waals surface area contributed by atoms with Crippen molar-refractivity contribution < 1.29 is 48.0 Å². The number of hydrogen-bond acceptors (Lipinski definition) is 0. The fourth-order valence-corrected chi connectivity index (χ4v) is 22.0. The molecule has 0 fully saturated rings. The number of halogens is 2. The molecule has 0 bridgehead atoms. The monoisotopic (exact) mass is 830 g/mol. The quantitative estimate of drug-likeness (QED) is 0.113. The molecule has 0 aliphatic heterocycles. The van der Waals surface area contributed by atoms with Crippen LogP contribution in [0.3, 0.4) is 0 Å². The molecule has 0 heterocycles. The molecular formula is C46H56Cl2P2Zr. The number of hydrogen-bond donors (Lipinski definition) is 0. The molecule has 51 heavy (non-hydrogen) atoms. The molecule has 6 rings (SSSR count). The van der Waals surface area contributed by atoms with E-state index in [4.69, 9.17) is 0 Å². The molecule has 2 aliphatic carbocycles. The minimum Gasteiger partial charge on any atom is -1.00 e. The summed E-state index contributed by atoms with van der Waals surface area (Å²) in [5.41, 5.74) is 11.9. The maximum absolute atomic E-state index is 2.74. The Morgan fingerprint density at radius 2 is 0.784 bits per heavy atom. The van der Waals surface area contributed by atoms with Gasteiger partial charge in [-0.3, -0.25) is 0 Å². The van der Waals surface area contributed by atoms with Gasteiger partial charge in [-0.2, -0.15) is 0 Å². The van der Waals surface area contributed by atoms with Gasteiger partial charge in [-0.05, 0) is 0 Å². The summed E-state index contributed by atoms with van der Waals surface area (Å²) in [6.45, 7) is 19.6. The minimum absolute atomic E-state index is 0. The molecule has 4 aromatic carbocycles. The van der Waals surface area contributed by atoms with Crippen LogP contribution in [0.1, 0.15) is 84.9 Å². The van der Waals surface area contributed by atoms with Crippen LogP contribution < -0.4 is 24.8 Å².